The Hall–Kier alpha value is -2.70. The molecule has 1 fully saturated rings. The van der Waals surface area contributed by atoms with Gasteiger partial charge in [0.2, 0.25) is 5.91 Å². The van der Waals surface area contributed by atoms with Crippen LogP contribution in [-0.2, 0) is 11.2 Å². The van der Waals surface area contributed by atoms with Crippen LogP contribution in [0.15, 0.2) is 41.1 Å². The number of nitrogens with zero attached hydrogens (tertiary/aromatic N) is 3. The van der Waals surface area contributed by atoms with Gasteiger partial charge in [0.1, 0.15) is 12.1 Å². The summed E-state index contributed by atoms with van der Waals surface area (Å²) in [5.41, 5.74) is 0.648. The number of benzene rings is 1. The maximum absolute atomic E-state index is 13.6. The van der Waals surface area contributed by atoms with Gasteiger partial charge in [-0.15, -0.1) is 0 Å². The molecule has 2 aromatic rings. The highest BCUT2D eigenvalue weighted by atomic mass is 19.1. The lowest BCUT2D eigenvalue weighted by molar-refractivity contribution is -0.132. The van der Waals surface area contributed by atoms with Gasteiger partial charge in [-0.2, -0.15) is 0 Å². The van der Waals surface area contributed by atoms with Gasteiger partial charge in [0.25, 0.3) is 5.91 Å². The van der Waals surface area contributed by atoms with Crippen LogP contribution in [0.1, 0.15) is 16.1 Å². The Balaban J connectivity index is 1.55. The monoisotopic (exact) mass is 317 g/mol. The van der Waals surface area contributed by atoms with Crippen molar-refractivity contribution in [3.8, 4) is 0 Å². The van der Waals surface area contributed by atoms with Crippen LogP contribution in [0, 0.1) is 5.82 Å². The summed E-state index contributed by atoms with van der Waals surface area (Å²) in [5.74, 6) is -0.718. The quantitative estimate of drug-likeness (QED) is 0.857. The summed E-state index contributed by atoms with van der Waals surface area (Å²) in [6.45, 7) is 1.71. The highest BCUT2D eigenvalue weighted by Crippen LogP contribution is 2.12. The normalized spacial score (nSPS) is 14.8. The van der Waals surface area contributed by atoms with Gasteiger partial charge in [-0.25, -0.2) is 4.39 Å². The van der Waals surface area contributed by atoms with Gasteiger partial charge in [0, 0.05) is 32.2 Å². The number of amides is 2. The Morgan fingerprint density at radius 1 is 1.09 bits per heavy atom. The van der Waals surface area contributed by atoms with E-state index >= 15 is 0 Å². The second kappa shape index (κ2) is 6.60. The molecule has 0 atom stereocenters. The molecule has 7 heteroatoms. The van der Waals surface area contributed by atoms with E-state index in [9.17, 15) is 14.0 Å². The van der Waals surface area contributed by atoms with Gasteiger partial charge in [0.15, 0.2) is 5.69 Å². The van der Waals surface area contributed by atoms with Gasteiger partial charge in [-0.3, -0.25) is 9.59 Å². The Labute approximate surface area is 132 Å². The third kappa shape index (κ3) is 3.39. The molecular formula is C16H16FN3O3. The third-order valence-corrected chi connectivity index (χ3v) is 3.88. The Kier molecular flexibility index (Phi) is 4.36. The first kappa shape index (κ1) is 15.2. The van der Waals surface area contributed by atoms with Crippen LogP contribution in [-0.4, -0.2) is 52.9 Å². The third-order valence-electron chi connectivity index (χ3n) is 3.88. The van der Waals surface area contributed by atoms with E-state index in [1.807, 2.05) is 0 Å². The lowest BCUT2D eigenvalue weighted by Crippen LogP contribution is -2.51. The van der Waals surface area contributed by atoms with Gasteiger partial charge >= 0.3 is 0 Å². The lowest BCUT2D eigenvalue weighted by Gasteiger charge is -2.34. The van der Waals surface area contributed by atoms with Gasteiger partial charge in [-0.1, -0.05) is 23.4 Å². The summed E-state index contributed by atoms with van der Waals surface area (Å²) in [4.78, 5) is 27.7. The Morgan fingerprint density at radius 3 is 2.43 bits per heavy atom. The van der Waals surface area contributed by atoms with E-state index in [1.54, 1.807) is 28.0 Å². The number of aromatic nitrogens is 1. The molecule has 0 N–H and O–H groups in total. The minimum atomic E-state index is -0.374. The molecule has 0 bridgehead atoms. The smallest absolute Gasteiger partial charge is 0.276 e. The zero-order valence-electron chi connectivity index (χ0n) is 12.4. The van der Waals surface area contributed by atoms with Crippen LogP contribution < -0.4 is 0 Å². The molecule has 3 rings (SSSR count). The molecule has 0 unspecified atom stereocenters. The number of carbonyl (C=O) groups is 2. The molecule has 0 spiro atoms. The van der Waals surface area contributed by atoms with E-state index in [0.29, 0.717) is 31.7 Å². The Bertz CT molecular complexity index is 694. The second-order valence-electron chi connectivity index (χ2n) is 5.33. The van der Waals surface area contributed by atoms with Crippen molar-refractivity contribution in [3.63, 3.8) is 0 Å². The van der Waals surface area contributed by atoms with Crippen LogP contribution in [0.25, 0.3) is 0 Å². The molecular weight excluding hydrogens is 301 g/mol. The van der Waals surface area contributed by atoms with Crippen molar-refractivity contribution < 1.29 is 18.5 Å². The van der Waals surface area contributed by atoms with Crippen LogP contribution in [0.4, 0.5) is 4.39 Å². The van der Waals surface area contributed by atoms with Crippen LogP contribution in [0.2, 0.25) is 0 Å². The van der Waals surface area contributed by atoms with Crippen molar-refractivity contribution in [1.82, 2.24) is 15.0 Å². The minimum absolute atomic E-state index is 0.0317. The van der Waals surface area contributed by atoms with E-state index in [0.717, 1.165) is 0 Å². The molecule has 6 nitrogen and oxygen atoms in total. The number of halogens is 1. The number of hydrogen-bond acceptors (Lipinski definition) is 4. The molecule has 0 saturated carbocycles. The summed E-state index contributed by atoms with van der Waals surface area (Å²) >= 11 is 0. The molecule has 1 aromatic heterocycles. The predicted molar refractivity (Wildman–Crippen MR) is 79.1 cm³/mol. The zero-order valence-corrected chi connectivity index (χ0v) is 12.4. The average molecular weight is 317 g/mol. The lowest BCUT2D eigenvalue weighted by atomic mass is 10.1. The standard InChI is InChI=1S/C16H16FN3O3/c17-13-4-2-1-3-12(13)11-15(21)19-6-8-20(9-7-19)16(22)14-5-10-23-18-14/h1-5,10H,6-9,11H2. The van der Waals surface area contributed by atoms with Crippen LogP contribution in [0.5, 0.6) is 0 Å². The molecule has 1 aromatic carbocycles. The summed E-state index contributed by atoms with van der Waals surface area (Å²) in [5, 5.41) is 3.62. The summed E-state index contributed by atoms with van der Waals surface area (Å²) in [6.07, 6.45) is 1.38. The van der Waals surface area contributed by atoms with Crippen molar-refractivity contribution >= 4 is 11.8 Å². The SMILES string of the molecule is O=C(Cc1ccccc1F)N1CCN(C(=O)c2ccon2)CC1. The maximum Gasteiger partial charge on any atom is 0.276 e. The number of piperazine rings is 1. The van der Waals surface area contributed by atoms with Crippen molar-refractivity contribution in [3.05, 3.63) is 53.7 Å². The van der Waals surface area contributed by atoms with Crippen molar-refractivity contribution in [2.75, 3.05) is 26.2 Å². The molecule has 1 aliphatic rings. The molecule has 0 radical (unpaired) electrons. The second-order valence-corrected chi connectivity index (χ2v) is 5.33. The number of rotatable bonds is 3. The van der Waals surface area contributed by atoms with Crippen molar-refractivity contribution in [2.45, 2.75) is 6.42 Å². The highest BCUT2D eigenvalue weighted by molar-refractivity contribution is 5.92. The minimum Gasteiger partial charge on any atom is -0.364 e. The van der Waals surface area contributed by atoms with Crippen molar-refractivity contribution in [2.24, 2.45) is 0 Å². The highest BCUT2D eigenvalue weighted by Gasteiger charge is 2.26. The first-order valence-corrected chi connectivity index (χ1v) is 7.36. The predicted octanol–water partition coefficient (Wildman–Crippen LogP) is 1.34. The summed E-state index contributed by atoms with van der Waals surface area (Å²) < 4.78 is 18.3. The van der Waals surface area contributed by atoms with E-state index in [2.05, 4.69) is 9.68 Å². The topological polar surface area (TPSA) is 66.7 Å². The number of carbonyl (C=O) groups excluding carboxylic acids is 2. The fourth-order valence-corrected chi connectivity index (χ4v) is 2.56. The first-order valence-electron chi connectivity index (χ1n) is 7.36. The van der Waals surface area contributed by atoms with Gasteiger partial charge in [-0.05, 0) is 11.6 Å². The number of hydrogen-bond donors (Lipinski definition) is 0. The van der Waals surface area contributed by atoms with E-state index < -0.39 is 0 Å². The molecule has 2 amide bonds. The van der Waals surface area contributed by atoms with Crippen LogP contribution in [0.3, 0.4) is 0 Å². The maximum atomic E-state index is 13.6. The zero-order chi connectivity index (χ0) is 16.2. The summed E-state index contributed by atoms with van der Waals surface area (Å²) in [7, 11) is 0. The first-order chi connectivity index (χ1) is 11.1. The molecule has 1 aliphatic heterocycles. The molecule has 0 aliphatic carbocycles. The van der Waals surface area contributed by atoms with Gasteiger partial charge in [0.05, 0.1) is 6.42 Å². The van der Waals surface area contributed by atoms with E-state index in [-0.39, 0.29) is 29.7 Å². The van der Waals surface area contributed by atoms with Gasteiger partial charge < -0.3 is 14.3 Å². The molecule has 120 valence electrons. The summed E-state index contributed by atoms with van der Waals surface area (Å²) in [6, 6.07) is 7.77. The van der Waals surface area contributed by atoms with E-state index in [4.69, 9.17) is 0 Å². The largest absolute Gasteiger partial charge is 0.364 e. The molecule has 2 heterocycles. The molecule has 23 heavy (non-hydrogen) atoms. The Morgan fingerprint density at radius 2 is 1.78 bits per heavy atom. The fraction of sp³-hybridized carbons (Fsp3) is 0.312. The van der Waals surface area contributed by atoms with Crippen molar-refractivity contribution in [1.29, 1.82) is 0 Å². The fourth-order valence-electron chi connectivity index (χ4n) is 2.56. The molecule has 1 saturated heterocycles. The average Bonchev–Trinajstić information content (AvgIpc) is 3.11. The van der Waals surface area contributed by atoms with Crippen LogP contribution >= 0.6 is 0 Å². The van der Waals surface area contributed by atoms with E-state index in [1.165, 1.54) is 18.4 Å².